The van der Waals surface area contributed by atoms with Crippen molar-refractivity contribution < 1.29 is 33.4 Å². The summed E-state index contributed by atoms with van der Waals surface area (Å²) < 4.78 is 18.7. The quantitative estimate of drug-likeness (QED) is 0.0956. The van der Waals surface area contributed by atoms with E-state index in [1.807, 2.05) is 43.4 Å². The van der Waals surface area contributed by atoms with E-state index in [9.17, 15) is 19.2 Å². The van der Waals surface area contributed by atoms with Gasteiger partial charge >= 0.3 is 0 Å². The Morgan fingerprint density at radius 3 is 2.43 bits per heavy atom. The normalized spacial score (nSPS) is 14.6. The number of amides is 4. The van der Waals surface area contributed by atoms with E-state index in [1.165, 1.54) is 4.90 Å². The molecule has 0 saturated carbocycles. The number of nitrogens with zero attached hydrogens (tertiary/aromatic N) is 5. The van der Waals surface area contributed by atoms with Gasteiger partial charge in [0.2, 0.25) is 18.2 Å². The molecule has 0 radical (unpaired) electrons. The van der Waals surface area contributed by atoms with Gasteiger partial charge in [-0.2, -0.15) is 5.10 Å². The van der Waals surface area contributed by atoms with Crippen molar-refractivity contribution in [1.82, 2.24) is 20.1 Å². The zero-order chi connectivity index (χ0) is 33.8. The van der Waals surface area contributed by atoms with Crippen LogP contribution in [-0.4, -0.2) is 98.7 Å². The van der Waals surface area contributed by atoms with Gasteiger partial charge in [0.25, 0.3) is 5.91 Å². The van der Waals surface area contributed by atoms with E-state index in [-0.39, 0.29) is 30.1 Å². The minimum absolute atomic E-state index is 0.0914. The summed E-state index contributed by atoms with van der Waals surface area (Å²) in [6.07, 6.45) is 7.77. The lowest BCUT2D eigenvalue weighted by molar-refractivity contribution is -0.134. The SMILES string of the molecule is CN(C)c1cc(CCCOCCOCCOCCn2cc(-c3cnc(N)c(C(N)=O)c3)cn2)ccc1N(C=O)C1CCC(=O)NC1=O. The Kier molecular flexibility index (Phi) is 12.8. The Bertz CT molecular complexity index is 1540. The van der Waals surface area contributed by atoms with Gasteiger partial charge in [0.15, 0.2) is 0 Å². The maximum absolute atomic E-state index is 12.4. The first-order valence-corrected chi connectivity index (χ1v) is 15.4. The number of primary amides is 1. The Morgan fingerprint density at radius 1 is 1.02 bits per heavy atom. The molecule has 4 rings (SSSR count). The van der Waals surface area contributed by atoms with Crippen molar-refractivity contribution in [2.75, 3.05) is 69.3 Å². The number of hydrogen-bond acceptors (Lipinski definition) is 11. The van der Waals surface area contributed by atoms with Crippen molar-refractivity contribution in [3.63, 3.8) is 0 Å². The Morgan fingerprint density at radius 2 is 1.74 bits per heavy atom. The van der Waals surface area contributed by atoms with Gasteiger partial charge in [0.05, 0.1) is 62.7 Å². The zero-order valence-corrected chi connectivity index (χ0v) is 26.7. The highest BCUT2D eigenvalue weighted by atomic mass is 16.5. The molecule has 1 fully saturated rings. The first-order valence-electron chi connectivity index (χ1n) is 15.4. The fourth-order valence-electron chi connectivity index (χ4n) is 5.09. The molecule has 3 aromatic rings. The fourth-order valence-corrected chi connectivity index (χ4v) is 5.09. The van der Waals surface area contributed by atoms with Gasteiger partial charge in [-0.3, -0.25) is 29.2 Å². The molecular weight excluding hydrogens is 608 g/mol. The number of anilines is 3. The molecule has 1 saturated heterocycles. The first-order chi connectivity index (χ1) is 22.7. The van der Waals surface area contributed by atoms with Gasteiger partial charge in [0, 0.05) is 50.6 Å². The van der Waals surface area contributed by atoms with Crippen molar-refractivity contribution >= 4 is 41.3 Å². The van der Waals surface area contributed by atoms with E-state index >= 15 is 0 Å². The molecule has 252 valence electrons. The van der Waals surface area contributed by atoms with Crippen LogP contribution in [0, 0.1) is 0 Å². The van der Waals surface area contributed by atoms with Gasteiger partial charge in [0.1, 0.15) is 11.9 Å². The summed E-state index contributed by atoms with van der Waals surface area (Å²) in [7, 11) is 3.76. The van der Waals surface area contributed by atoms with Gasteiger partial charge in [-0.25, -0.2) is 4.98 Å². The number of nitrogens with one attached hydrogen (secondary N) is 1. The van der Waals surface area contributed by atoms with Crippen LogP contribution in [0.5, 0.6) is 0 Å². The molecule has 1 aliphatic rings. The molecule has 15 nitrogen and oxygen atoms in total. The van der Waals surface area contributed by atoms with Crippen LogP contribution in [0.4, 0.5) is 17.2 Å². The minimum atomic E-state index is -0.728. The molecule has 1 aromatic carbocycles. The number of aryl methyl sites for hydroxylation is 1. The number of carbonyl (C=O) groups is 4. The predicted molar refractivity (Wildman–Crippen MR) is 175 cm³/mol. The molecule has 47 heavy (non-hydrogen) atoms. The van der Waals surface area contributed by atoms with Crippen molar-refractivity contribution in [1.29, 1.82) is 0 Å². The second-order valence-corrected chi connectivity index (χ2v) is 11.2. The number of imide groups is 1. The predicted octanol–water partition coefficient (Wildman–Crippen LogP) is 1.14. The number of ether oxygens (including phenoxy) is 3. The second-order valence-electron chi connectivity index (χ2n) is 11.2. The Labute approximate surface area is 273 Å². The first kappa shape index (κ1) is 35.0. The molecule has 0 aliphatic carbocycles. The summed E-state index contributed by atoms with van der Waals surface area (Å²) >= 11 is 0. The van der Waals surface area contributed by atoms with E-state index in [4.69, 9.17) is 25.7 Å². The highest BCUT2D eigenvalue weighted by Crippen LogP contribution is 2.32. The highest BCUT2D eigenvalue weighted by molar-refractivity contribution is 6.04. The molecule has 5 N–H and O–H groups in total. The van der Waals surface area contributed by atoms with Crippen LogP contribution in [0.15, 0.2) is 42.9 Å². The number of hydrogen-bond donors (Lipinski definition) is 3. The highest BCUT2D eigenvalue weighted by Gasteiger charge is 2.33. The van der Waals surface area contributed by atoms with Gasteiger partial charge in [-0.1, -0.05) is 6.07 Å². The summed E-state index contributed by atoms with van der Waals surface area (Å²) in [5.74, 6) is -1.33. The number of aromatic nitrogens is 3. The Hall–Kier alpha value is -4.86. The summed E-state index contributed by atoms with van der Waals surface area (Å²) in [5.41, 5.74) is 15.2. The third-order valence-electron chi connectivity index (χ3n) is 7.57. The van der Waals surface area contributed by atoms with Crippen LogP contribution in [-0.2, 0) is 41.6 Å². The van der Waals surface area contributed by atoms with Crippen LogP contribution in [0.1, 0.15) is 35.2 Å². The zero-order valence-electron chi connectivity index (χ0n) is 26.7. The summed E-state index contributed by atoms with van der Waals surface area (Å²) in [6.45, 7) is 3.37. The average Bonchev–Trinajstić information content (AvgIpc) is 3.52. The second kappa shape index (κ2) is 17.2. The van der Waals surface area contributed by atoms with Crippen LogP contribution in [0.2, 0.25) is 0 Å². The van der Waals surface area contributed by atoms with Crippen molar-refractivity contribution in [3.8, 4) is 11.1 Å². The van der Waals surface area contributed by atoms with E-state index in [0.717, 1.165) is 29.7 Å². The third-order valence-corrected chi connectivity index (χ3v) is 7.57. The molecule has 1 aliphatic heterocycles. The van der Waals surface area contributed by atoms with Crippen LogP contribution in [0.3, 0.4) is 0 Å². The maximum Gasteiger partial charge on any atom is 0.252 e. The molecule has 0 spiro atoms. The van der Waals surface area contributed by atoms with Crippen LogP contribution < -0.4 is 26.6 Å². The Balaban J connectivity index is 1.08. The minimum Gasteiger partial charge on any atom is -0.383 e. The van der Waals surface area contributed by atoms with Crippen molar-refractivity contribution in [2.24, 2.45) is 5.73 Å². The molecule has 1 unspecified atom stereocenters. The molecular formula is C32H42N8O7. The number of nitrogens with two attached hydrogens (primary N) is 2. The molecule has 3 heterocycles. The monoisotopic (exact) mass is 650 g/mol. The van der Waals surface area contributed by atoms with E-state index < -0.39 is 17.9 Å². The van der Waals surface area contributed by atoms with E-state index in [1.54, 1.807) is 23.1 Å². The molecule has 15 heteroatoms. The standard InChI is InChI=1S/C32H42N8O7/c1-38(2)28-16-22(5-6-26(28)40(21-41)27-7-8-29(42)37-32(27)44)4-3-10-45-12-14-47-15-13-46-11-9-39-20-24(19-36-39)23-17-25(31(34)43)30(33)35-18-23/h5-6,16-21,27H,3-4,7-15H2,1-2H3,(H2,33,35)(H2,34,43)(H,37,42,44). The van der Waals surface area contributed by atoms with Gasteiger partial charge < -0.3 is 35.5 Å². The summed E-state index contributed by atoms with van der Waals surface area (Å²) in [4.78, 5) is 54.8. The molecule has 1 atom stereocenters. The lowest BCUT2D eigenvalue weighted by Gasteiger charge is -2.32. The molecule has 0 bridgehead atoms. The van der Waals surface area contributed by atoms with Crippen molar-refractivity contribution in [2.45, 2.75) is 38.3 Å². The van der Waals surface area contributed by atoms with E-state index in [2.05, 4.69) is 15.4 Å². The van der Waals surface area contributed by atoms with Crippen LogP contribution >= 0.6 is 0 Å². The largest absolute Gasteiger partial charge is 0.383 e. The fraction of sp³-hybridized carbons (Fsp3) is 0.438. The number of piperidine rings is 1. The number of rotatable bonds is 19. The van der Waals surface area contributed by atoms with Gasteiger partial charge in [-0.05, 0) is 43.0 Å². The number of carbonyl (C=O) groups excluding carboxylic acids is 4. The summed E-state index contributed by atoms with van der Waals surface area (Å²) in [5, 5.41) is 6.63. The lowest BCUT2D eigenvalue weighted by atomic mass is 10.0. The molecule has 4 amide bonds. The topological polar surface area (TPSA) is 197 Å². The lowest BCUT2D eigenvalue weighted by Crippen LogP contribution is -2.52. The van der Waals surface area contributed by atoms with Crippen molar-refractivity contribution in [3.05, 3.63) is 54.0 Å². The third kappa shape index (κ3) is 9.81. The summed E-state index contributed by atoms with van der Waals surface area (Å²) in [6, 6.07) is 6.66. The number of benzene rings is 1. The number of nitrogen functional groups attached to an aromatic ring is 1. The van der Waals surface area contributed by atoms with E-state index in [0.29, 0.717) is 63.8 Å². The van der Waals surface area contributed by atoms with Crippen LogP contribution in [0.25, 0.3) is 11.1 Å². The number of pyridine rings is 1. The molecule has 2 aromatic heterocycles. The maximum atomic E-state index is 12.4. The smallest absolute Gasteiger partial charge is 0.252 e. The average molecular weight is 651 g/mol. The van der Waals surface area contributed by atoms with Gasteiger partial charge in [-0.15, -0.1) is 0 Å².